The van der Waals surface area contributed by atoms with Crippen LogP contribution in [-0.2, 0) is 0 Å². The molecule has 4 heteroatoms. The third-order valence-electron chi connectivity index (χ3n) is 2.89. The zero-order valence-corrected chi connectivity index (χ0v) is 12.5. The zero-order chi connectivity index (χ0) is 13.0. The van der Waals surface area contributed by atoms with Crippen LogP contribution in [0.1, 0.15) is 37.6 Å². The van der Waals surface area contributed by atoms with Gasteiger partial charge in [-0.25, -0.2) is 4.39 Å². The Balaban J connectivity index is 3.02. The lowest BCUT2D eigenvalue weighted by molar-refractivity contribution is 0.0699. The predicted molar refractivity (Wildman–Crippen MR) is 75.6 cm³/mol. The monoisotopic (exact) mass is 349 g/mol. The number of hydrogen-bond donors (Lipinski definition) is 0. The van der Waals surface area contributed by atoms with Crippen LogP contribution in [0.15, 0.2) is 18.2 Å². The fourth-order valence-corrected chi connectivity index (χ4v) is 2.40. The predicted octanol–water partition coefficient (Wildman–Crippen LogP) is 3.69. The summed E-state index contributed by atoms with van der Waals surface area (Å²) in [6.45, 7) is 6.70. The molecule has 0 saturated carbocycles. The van der Waals surface area contributed by atoms with E-state index < -0.39 is 0 Å². The number of halogens is 2. The normalized spacial score (nSPS) is 12.3. The topological polar surface area (TPSA) is 20.3 Å². The molecule has 0 bridgehead atoms. The van der Waals surface area contributed by atoms with Crippen molar-refractivity contribution in [2.45, 2.75) is 33.2 Å². The van der Waals surface area contributed by atoms with Crippen molar-refractivity contribution in [2.75, 3.05) is 6.54 Å². The van der Waals surface area contributed by atoms with Gasteiger partial charge in [-0.15, -0.1) is 0 Å². The van der Waals surface area contributed by atoms with Crippen LogP contribution in [0.3, 0.4) is 0 Å². The van der Waals surface area contributed by atoms with Crippen molar-refractivity contribution in [1.29, 1.82) is 0 Å². The first kappa shape index (κ1) is 14.4. The van der Waals surface area contributed by atoms with Gasteiger partial charge in [0.25, 0.3) is 5.91 Å². The van der Waals surface area contributed by atoms with Gasteiger partial charge in [-0.3, -0.25) is 4.79 Å². The third kappa shape index (κ3) is 3.40. The van der Waals surface area contributed by atoms with E-state index in [9.17, 15) is 9.18 Å². The molecular weight excluding hydrogens is 332 g/mol. The van der Waals surface area contributed by atoms with Gasteiger partial charge in [-0.1, -0.05) is 6.92 Å². The van der Waals surface area contributed by atoms with Gasteiger partial charge >= 0.3 is 0 Å². The lowest BCUT2D eigenvalue weighted by Gasteiger charge is -2.27. The maximum absolute atomic E-state index is 13.0. The number of benzene rings is 1. The van der Waals surface area contributed by atoms with Crippen molar-refractivity contribution in [3.8, 4) is 0 Å². The molecule has 1 amide bonds. The maximum atomic E-state index is 13.0. The molecule has 1 aromatic rings. The van der Waals surface area contributed by atoms with Crippen molar-refractivity contribution in [2.24, 2.45) is 0 Å². The van der Waals surface area contributed by atoms with E-state index >= 15 is 0 Å². The van der Waals surface area contributed by atoms with E-state index in [-0.39, 0.29) is 17.8 Å². The van der Waals surface area contributed by atoms with E-state index in [1.54, 1.807) is 6.07 Å². The molecule has 1 atom stereocenters. The molecule has 0 saturated heterocycles. The molecule has 0 spiro atoms. The van der Waals surface area contributed by atoms with Crippen LogP contribution in [0.2, 0.25) is 0 Å². The fourth-order valence-electron chi connectivity index (χ4n) is 1.69. The third-order valence-corrected chi connectivity index (χ3v) is 3.78. The Labute approximate surface area is 115 Å². The lowest BCUT2D eigenvalue weighted by Crippen LogP contribution is -2.38. The molecule has 2 nitrogen and oxygen atoms in total. The summed E-state index contributed by atoms with van der Waals surface area (Å²) in [5.74, 6) is -0.330. The summed E-state index contributed by atoms with van der Waals surface area (Å²) in [7, 11) is 0. The van der Waals surface area contributed by atoms with E-state index in [2.05, 4.69) is 6.92 Å². The molecule has 0 aliphatic heterocycles. The molecule has 0 heterocycles. The number of rotatable bonds is 4. The second-order valence-electron chi connectivity index (χ2n) is 3.97. The minimum absolute atomic E-state index is 0.0220. The van der Waals surface area contributed by atoms with Crippen LogP contribution in [0.5, 0.6) is 0 Å². The van der Waals surface area contributed by atoms with Crippen LogP contribution in [0, 0.1) is 9.39 Å². The van der Waals surface area contributed by atoms with E-state index in [4.69, 9.17) is 0 Å². The minimum atomic E-state index is -0.308. The largest absolute Gasteiger partial charge is 0.336 e. The molecule has 0 N–H and O–H groups in total. The maximum Gasteiger partial charge on any atom is 0.255 e. The summed E-state index contributed by atoms with van der Waals surface area (Å²) in [5.41, 5.74) is 0.578. The molecule has 0 radical (unpaired) electrons. The smallest absolute Gasteiger partial charge is 0.255 e. The van der Waals surface area contributed by atoms with E-state index in [1.807, 2.05) is 41.3 Å². The van der Waals surface area contributed by atoms with Gasteiger partial charge in [0.15, 0.2) is 0 Å². The molecule has 0 fully saturated rings. The quantitative estimate of drug-likeness (QED) is 0.760. The second kappa shape index (κ2) is 6.33. The SMILES string of the molecule is CCC(C)N(CC)C(=O)c1ccc(F)cc1I. The number of carbonyl (C=O) groups excluding carboxylic acids is 1. The van der Waals surface area contributed by atoms with Crippen LogP contribution in [0.4, 0.5) is 4.39 Å². The summed E-state index contributed by atoms with van der Waals surface area (Å²) in [6.07, 6.45) is 0.914. The van der Waals surface area contributed by atoms with Crippen LogP contribution in [-0.4, -0.2) is 23.4 Å². The Morgan fingerprint density at radius 3 is 2.59 bits per heavy atom. The molecular formula is C13H17FINO. The van der Waals surface area contributed by atoms with Gasteiger partial charge in [0.2, 0.25) is 0 Å². The van der Waals surface area contributed by atoms with Crippen molar-refractivity contribution >= 4 is 28.5 Å². The number of carbonyl (C=O) groups is 1. The van der Waals surface area contributed by atoms with Gasteiger partial charge in [-0.05, 0) is 61.1 Å². The van der Waals surface area contributed by atoms with Crippen molar-refractivity contribution in [3.05, 3.63) is 33.1 Å². The van der Waals surface area contributed by atoms with Crippen molar-refractivity contribution < 1.29 is 9.18 Å². The zero-order valence-electron chi connectivity index (χ0n) is 10.3. The summed E-state index contributed by atoms with van der Waals surface area (Å²) in [6, 6.07) is 4.48. The highest BCUT2D eigenvalue weighted by atomic mass is 127. The van der Waals surface area contributed by atoms with Crippen LogP contribution < -0.4 is 0 Å². The van der Waals surface area contributed by atoms with Gasteiger partial charge in [-0.2, -0.15) is 0 Å². The molecule has 1 unspecified atom stereocenters. The first-order valence-corrected chi connectivity index (χ1v) is 6.85. The number of hydrogen-bond acceptors (Lipinski definition) is 1. The van der Waals surface area contributed by atoms with E-state index in [0.717, 1.165) is 6.42 Å². The van der Waals surface area contributed by atoms with Gasteiger partial charge in [0.1, 0.15) is 5.82 Å². The number of amides is 1. The average Bonchev–Trinajstić information content (AvgIpc) is 2.29. The lowest BCUT2D eigenvalue weighted by atomic mass is 10.1. The highest BCUT2D eigenvalue weighted by molar-refractivity contribution is 14.1. The summed E-state index contributed by atoms with van der Waals surface area (Å²) in [5, 5.41) is 0. The van der Waals surface area contributed by atoms with Gasteiger partial charge < -0.3 is 4.90 Å². The molecule has 0 aromatic heterocycles. The van der Waals surface area contributed by atoms with Crippen molar-refractivity contribution in [3.63, 3.8) is 0 Å². The van der Waals surface area contributed by atoms with Gasteiger partial charge in [0.05, 0.1) is 5.56 Å². The van der Waals surface area contributed by atoms with E-state index in [1.165, 1.54) is 12.1 Å². The first-order chi connectivity index (χ1) is 8.01. The Bertz CT molecular complexity index is 408. The highest BCUT2D eigenvalue weighted by Gasteiger charge is 2.20. The minimum Gasteiger partial charge on any atom is -0.336 e. The molecule has 1 rings (SSSR count). The van der Waals surface area contributed by atoms with Gasteiger partial charge in [0, 0.05) is 16.2 Å². The Morgan fingerprint density at radius 1 is 1.47 bits per heavy atom. The number of nitrogens with zero attached hydrogens (tertiary/aromatic N) is 1. The van der Waals surface area contributed by atoms with Crippen LogP contribution in [0.25, 0.3) is 0 Å². The fraction of sp³-hybridized carbons (Fsp3) is 0.462. The van der Waals surface area contributed by atoms with Crippen molar-refractivity contribution in [1.82, 2.24) is 4.90 Å². The standard InChI is InChI=1S/C13H17FINO/c1-4-9(3)16(5-2)13(17)11-7-6-10(14)8-12(11)15/h6-9H,4-5H2,1-3H3. The second-order valence-corrected chi connectivity index (χ2v) is 5.13. The average molecular weight is 349 g/mol. The Kier molecular flexibility index (Phi) is 5.36. The summed E-state index contributed by atoms with van der Waals surface area (Å²) < 4.78 is 13.7. The van der Waals surface area contributed by atoms with E-state index in [0.29, 0.717) is 15.7 Å². The summed E-state index contributed by atoms with van der Waals surface area (Å²) in [4.78, 5) is 14.1. The van der Waals surface area contributed by atoms with Crippen LogP contribution >= 0.6 is 22.6 Å². The molecule has 0 aliphatic rings. The molecule has 17 heavy (non-hydrogen) atoms. The molecule has 0 aliphatic carbocycles. The Hall–Kier alpha value is -0.650. The first-order valence-electron chi connectivity index (χ1n) is 5.77. The Morgan fingerprint density at radius 2 is 2.12 bits per heavy atom. The molecule has 94 valence electrons. The molecule has 1 aromatic carbocycles. The summed E-state index contributed by atoms with van der Waals surface area (Å²) >= 11 is 2.00. The highest BCUT2D eigenvalue weighted by Crippen LogP contribution is 2.18.